The maximum Gasteiger partial charge on any atom is 0.244 e. The maximum atomic E-state index is 12.2. The number of anilines is 1. The van der Waals surface area contributed by atoms with Crippen molar-refractivity contribution in [2.75, 3.05) is 11.9 Å². The highest BCUT2D eigenvalue weighted by Gasteiger charge is 2.30. The lowest BCUT2D eigenvalue weighted by molar-refractivity contribution is -0.119. The first kappa shape index (κ1) is 19.5. The Bertz CT molecular complexity index is 729. The molecule has 3 rings (SSSR count). The largest absolute Gasteiger partial charge is 0.391 e. The molecule has 0 saturated carbocycles. The molecule has 2 aromatic rings. The highest BCUT2D eigenvalue weighted by atomic mass is 16.5. The van der Waals surface area contributed by atoms with E-state index in [9.17, 15) is 9.90 Å². The molecular formula is C20H28N4O3. The van der Waals surface area contributed by atoms with Gasteiger partial charge in [-0.1, -0.05) is 37.8 Å². The van der Waals surface area contributed by atoms with Gasteiger partial charge < -0.3 is 20.3 Å². The molecule has 0 unspecified atom stereocenters. The smallest absolute Gasteiger partial charge is 0.244 e. The average Bonchev–Trinajstić information content (AvgIpc) is 3.31. The molecular weight excluding hydrogens is 344 g/mol. The third-order valence-corrected chi connectivity index (χ3v) is 4.84. The lowest BCUT2D eigenvalue weighted by atomic mass is 10.1. The van der Waals surface area contributed by atoms with Gasteiger partial charge in [-0.2, -0.15) is 4.98 Å². The van der Waals surface area contributed by atoms with Crippen LogP contribution in [0, 0.1) is 0 Å². The second kappa shape index (κ2) is 9.62. The number of amides is 1. The van der Waals surface area contributed by atoms with Crippen molar-refractivity contribution in [2.24, 2.45) is 0 Å². The lowest BCUT2D eigenvalue weighted by Crippen LogP contribution is -2.42. The third kappa shape index (κ3) is 5.37. The second-order valence-electron chi connectivity index (χ2n) is 7.03. The van der Waals surface area contributed by atoms with Crippen LogP contribution in [0.4, 0.5) is 5.69 Å². The number of aryl methyl sites for hydroxylation is 1. The Morgan fingerprint density at radius 3 is 2.74 bits per heavy atom. The van der Waals surface area contributed by atoms with Crippen LogP contribution >= 0.6 is 0 Å². The van der Waals surface area contributed by atoms with Gasteiger partial charge in [0.2, 0.25) is 17.6 Å². The van der Waals surface area contributed by atoms with Gasteiger partial charge in [-0.25, -0.2) is 0 Å². The van der Waals surface area contributed by atoms with Crippen LogP contribution in [0.25, 0.3) is 11.4 Å². The lowest BCUT2D eigenvalue weighted by Gasteiger charge is -2.14. The molecule has 1 aromatic carbocycles. The Balaban J connectivity index is 1.52. The van der Waals surface area contributed by atoms with Crippen molar-refractivity contribution in [3.05, 3.63) is 30.2 Å². The quantitative estimate of drug-likeness (QED) is 0.585. The summed E-state index contributed by atoms with van der Waals surface area (Å²) in [5.74, 6) is 1.00. The zero-order chi connectivity index (χ0) is 19.1. The van der Waals surface area contributed by atoms with E-state index in [0.29, 0.717) is 30.4 Å². The molecule has 146 valence electrons. The van der Waals surface area contributed by atoms with Gasteiger partial charge in [0.05, 0.1) is 6.10 Å². The van der Waals surface area contributed by atoms with Crippen LogP contribution in [0.15, 0.2) is 28.8 Å². The number of aliphatic hydroxyl groups is 1. The van der Waals surface area contributed by atoms with Gasteiger partial charge in [-0.05, 0) is 43.7 Å². The molecule has 0 aliphatic carbocycles. The third-order valence-electron chi connectivity index (χ3n) is 4.84. The van der Waals surface area contributed by atoms with Crippen molar-refractivity contribution in [3.8, 4) is 11.4 Å². The summed E-state index contributed by atoms with van der Waals surface area (Å²) in [5, 5.41) is 19.7. The second-order valence-corrected chi connectivity index (χ2v) is 7.03. The van der Waals surface area contributed by atoms with E-state index in [4.69, 9.17) is 4.52 Å². The topological polar surface area (TPSA) is 100 Å². The van der Waals surface area contributed by atoms with Crippen LogP contribution in [0.2, 0.25) is 0 Å². The van der Waals surface area contributed by atoms with Gasteiger partial charge in [0.1, 0.15) is 6.04 Å². The maximum absolute atomic E-state index is 12.2. The molecule has 1 aliphatic heterocycles. The summed E-state index contributed by atoms with van der Waals surface area (Å²) in [6, 6.07) is 6.75. The van der Waals surface area contributed by atoms with E-state index < -0.39 is 12.1 Å². The van der Waals surface area contributed by atoms with Gasteiger partial charge in [0.15, 0.2) is 0 Å². The molecule has 0 bridgehead atoms. The van der Waals surface area contributed by atoms with Crippen LogP contribution in [-0.4, -0.2) is 39.8 Å². The average molecular weight is 372 g/mol. The molecule has 27 heavy (non-hydrogen) atoms. The number of rotatable bonds is 9. The van der Waals surface area contributed by atoms with Crippen LogP contribution in [0.5, 0.6) is 0 Å². The fourth-order valence-corrected chi connectivity index (χ4v) is 3.23. The zero-order valence-electron chi connectivity index (χ0n) is 15.8. The summed E-state index contributed by atoms with van der Waals surface area (Å²) in [5.41, 5.74) is 1.51. The molecule has 0 radical (unpaired) electrons. The Hall–Kier alpha value is -2.25. The Morgan fingerprint density at radius 1 is 1.26 bits per heavy atom. The number of unbranched alkanes of at least 4 members (excludes halogenated alkanes) is 4. The van der Waals surface area contributed by atoms with E-state index in [1.165, 1.54) is 25.7 Å². The standard InChI is InChI=1S/C20H28N4O3/c1-2-3-4-5-6-7-17-23-19(24-27-17)14-8-10-15(11-9-14)22-20(26)18-16(25)12-13-21-18/h8-11,16,18,21,25H,2-7,12-13H2,1H3,(H,22,26)/t16-,18-/m0/s1. The van der Waals surface area contributed by atoms with Crippen LogP contribution in [-0.2, 0) is 11.2 Å². The van der Waals surface area contributed by atoms with E-state index in [1.807, 2.05) is 12.1 Å². The summed E-state index contributed by atoms with van der Waals surface area (Å²) in [4.78, 5) is 16.6. The van der Waals surface area contributed by atoms with Crippen molar-refractivity contribution in [1.82, 2.24) is 15.5 Å². The summed E-state index contributed by atoms with van der Waals surface area (Å²) in [6.45, 7) is 2.85. The molecule has 1 saturated heterocycles. The SMILES string of the molecule is CCCCCCCc1nc(-c2ccc(NC(=O)[C@H]3NCC[C@@H]3O)cc2)no1. The Morgan fingerprint density at radius 2 is 2.04 bits per heavy atom. The molecule has 3 N–H and O–H groups in total. The number of nitrogens with zero attached hydrogens (tertiary/aromatic N) is 2. The first-order chi connectivity index (χ1) is 13.2. The number of nitrogens with one attached hydrogen (secondary N) is 2. The number of benzene rings is 1. The van der Waals surface area contributed by atoms with E-state index >= 15 is 0 Å². The minimum absolute atomic E-state index is 0.224. The van der Waals surface area contributed by atoms with Crippen molar-refractivity contribution in [3.63, 3.8) is 0 Å². The zero-order valence-corrected chi connectivity index (χ0v) is 15.8. The fraction of sp³-hybridized carbons (Fsp3) is 0.550. The fourth-order valence-electron chi connectivity index (χ4n) is 3.23. The summed E-state index contributed by atoms with van der Waals surface area (Å²) < 4.78 is 5.33. The molecule has 1 fully saturated rings. The van der Waals surface area contributed by atoms with E-state index in [1.54, 1.807) is 12.1 Å². The highest BCUT2D eigenvalue weighted by Crippen LogP contribution is 2.20. The number of aromatic nitrogens is 2. The Labute approximate surface area is 159 Å². The monoisotopic (exact) mass is 372 g/mol. The Kier molecular flexibility index (Phi) is 6.95. The van der Waals surface area contributed by atoms with Crippen LogP contribution in [0.1, 0.15) is 51.3 Å². The van der Waals surface area contributed by atoms with Crippen molar-refractivity contribution in [1.29, 1.82) is 0 Å². The molecule has 0 spiro atoms. The summed E-state index contributed by atoms with van der Waals surface area (Å²) in [7, 11) is 0. The van der Waals surface area contributed by atoms with Gasteiger partial charge >= 0.3 is 0 Å². The van der Waals surface area contributed by atoms with E-state index in [0.717, 1.165) is 18.4 Å². The van der Waals surface area contributed by atoms with Gasteiger partial charge in [-0.15, -0.1) is 0 Å². The van der Waals surface area contributed by atoms with Crippen molar-refractivity contribution in [2.45, 2.75) is 64.0 Å². The molecule has 1 aromatic heterocycles. The predicted molar refractivity (Wildman–Crippen MR) is 103 cm³/mol. The van der Waals surface area contributed by atoms with Crippen LogP contribution in [0.3, 0.4) is 0 Å². The minimum Gasteiger partial charge on any atom is -0.391 e. The number of carbonyl (C=O) groups is 1. The highest BCUT2D eigenvalue weighted by molar-refractivity contribution is 5.95. The normalized spacial score (nSPS) is 19.3. The summed E-state index contributed by atoms with van der Waals surface area (Å²) in [6.07, 6.45) is 6.77. The van der Waals surface area contributed by atoms with E-state index in [2.05, 4.69) is 27.7 Å². The van der Waals surface area contributed by atoms with E-state index in [-0.39, 0.29) is 5.91 Å². The number of aliphatic hydroxyl groups excluding tert-OH is 1. The molecule has 1 amide bonds. The molecule has 7 nitrogen and oxygen atoms in total. The molecule has 7 heteroatoms. The number of carbonyl (C=O) groups excluding carboxylic acids is 1. The summed E-state index contributed by atoms with van der Waals surface area (Å²) >= 11 is 0. The first-order valence-electron chi connectivity index (χ1n) is 9.82. The van der Waals surface area contributed by atoms with Crippen molar-refractivity contribution >= 4 is 11.6 Å². The van der Waals surface area contributed by atoms with Gasteiger partial charge in [0, 0.05) is 17.7 Å². The van der Waals surface area contributed by atoms with Crippen LogP contribution < -0.4 is 10.6 Å². The van der Waals surface area contributed by atoms with Crippen molar-refractivity contribution < 1.29 is 14.4 Å². The van der Waals surface area contributed by atoms with Gasteiger partial charge in [-0.3, -0.25) is 4.79 Å². The predicted octanol–water partition coefficient (Wildman–Crippen LogP) is 2.91. The van der Waals surface area contributed by atoms with Gasteiger partial charge in [0.25, 0.3) is 0 Å². The molecule has 2 atom stereocenters. The minimum atomic E-state index is -0.635. The first-order valence-corrected chi connectivity index (χ1v) is 9.82. The number of hydrogen-bond donors (Lipinski definition) is 3. The number of hydrogen-bond acceptors (Lipinski definition) is 6. The molecule has 1 aliphatic rings. The molecule has 2 heterocycles.